The van der Waals surface area contributed by atoms with Crippen LogP contribution in [0.25, 0.3) is 11.3 Å². The molecule has 1 unspecified atom stereocenters. The molecule has 0 amide bonds. The van der Waals surface area contributed by atoms with E-state index in [4.69, 9.17) is 4.98 Å². The third-order valence-electron chi connectivity index (χ3n) is 5.55. The summed E-state index contributed by atoms with van der Waals surface area (Å²) in [6.07, 6.45) is 6.92. The summed E-state index contributed by atoms with van der Waals surface area (Å²) >= 11 is 0. The largest absolute Gasteiger partial charge is 0.478 e. The van der Waals surface area contributed by atoms with Gasteiger partial charge in [0, 0.05) is 24.3 Å². The minimum Gasteiger partial charge on any atom is -0.478 e. The highest BCUT2D eigenvalue weighted by Gasteiger charge is 2.26. The Labute approximate surface area is 171 Å². The third-order valence-corrected chi connectivity index (χ3v) is 5.55. The van der Waals surface area contributed by atoms with Gasteiger partial charge in [0.2, 0.25) is 5.95 Å². The van der Waals surface area contributed by atoms with Crippen LogP contribution in [0.3, 0.4) is 0 Å². The minimum atomic E-state index is -1.00. The molecule has 0 aliphatic carbocycles. The van der Waals surface area contributed by atoms with Crippen LogP contribution in [0, 0.1) is 0 Å². The molecule has 2 heterocycles. The quantitative estimate of drug-likeness (QED) is 0.656. The second-order valence-corrected chi connectivity index (χ2v) is 7.47. The highest BCUT2D eigenvalue weighted by molar-refractivity contribution is 5.94. The van der Waals surface area contributed by atoms with Crippen LogP contribution >= 0.6 is 0 Å². The van der Waals surface area contributed by atoms with E-state index in [1.165, 1.54) is 18.2 Å². The number of nitrogens with zero attached hydrogens (tertiary/aromatic N) is 3. The summed E-state index contributed by atoms with van der Waals surface area (Å²) < 4.78 is 0. The summed E-state index contributed by atoms with van der Waals surface area (Å²) in [6.45, 7) is 0.903. The van der Waals surface area contributed by atoms with Crippen molar-refractivity contribution in [1.82, 2.24) is 9.97 Å². The van der Waals surface area contributed by atoms with Crippen LogP contribution in [0.15, 0.2) is 66.9 Å². The van der Waals surface area contributed by atoms with Gasteiger partial charge in [0.25, 0.3) is 0 Å². The zero-order valence-electron chi connectivity index (χ0n) is 16.4. The van der Waals surface area contributed by atoms with Crippen molar-refractivity contribution in [2.45, 2.75) is 38.1 Å². The van der Waals surface area contributed by atoms with Gasteiger partial charge in [-0.25, -0.2) is 14.8 Å². The smallest absolute Gasteiger partial charge is 0.339 e. The summed E-state index contributed by atoms with van der Waals surface area (Å²) in [7, 11) is 0. The van der Waals surface area contributed by atoms with Crippen molar-refractivity contribution in [3.63, 3.8) is 0 Å². The maximum absolute atomic E-state index is 11.7. The number of aromatic carboxylic acids is 1. The first kappa shape index (κ1) is 19.1. The third kappa shape index (κ3) is 4.45. The van der Waals surface area contributed by atoms with Crippen molar-refractivity contribution in [2.75, 3.05) is 11.4 Å². The van der Waals surface area contributed by atoms with E-state index in [9.17, 15) is 9.90 Å². The molecule has 1 saturated heterocycles. The van der Waals surface area contributed by atoms with Crippen molar-refractivity contribution in [2.24, 2.45) is 0 Å². The van der Waals surface area contributed by atoms with Crippen LogP contribution in [0.2, 0.25) is 0 Å². The molecule has 5 heteroatoms. The lowest BCUT2D eigenvalue weighted by atomic mass is 9.96. The number of benzene rings is 2. The second kappa shape index (κ2) is 8.86. The Morgan fingerprint density at radius 1 is 1.03 bits per heavy atom. The highest BCUT2D eigenvalue weighted by Crippen LogP contribution is 2.28. The van der Waals surface area contributed by atoms with Gasteiger partial charge in [-0.05, 0) is 37.7 Å². The average molecular weight is 387 g/mol. The van der Waals surface area contributed by atoms with E-state index in [0.29, 0.717) is 17.7 Å². The molecular weight excluding hydrogens is 362 g/mol. The van der Waals surface area contributed by atoms with Crippen molar-refractivity contribution < 1.29 is 9.90 Å². The van der Waals surface area contributed by atoms with Crippen LogP contribution in [-0.2, 0) is 6.42 Å². The van der Waals surface area contributed by atoms with Crippen molar-refractivity contribution in [1.29, 1.82) is 0 Å². The normalized spacial score (nSPS) is 16.6. The first-order valence-corrected chi connectivity index (χ1v) is 10.2. The van der Waals surface area contributed by atoms with Crippen LogP contribution < -0.4 is 4.90 Å². The van der Waals surface area contributed by atoms with Crippen molar-refractivity contribution in [3.05, 3.63) is 78.0 Å². The summed E-state index contributed by atoms with van der Waals surface area (Å²) in [5, 5.41) is 9.60. The van der Waals surface area contributed by atoms with E-state index in [1.807, 2.05) is 36.4 Å². The van der Waals surface area contributed by atoms with Crippen LogP contribution in [0.1, 0.15) is 41.6 Å². The van der Waals surface area contributed by atoms with Gasteiger partial charge in [-0.15, -0.1) is 0 Å². The number of hydrogen-bond donors (Lipinski definition) is 1. The predicted molar refractivity (Wildman–Crippen MR) is 114 cm³/mol. The lowest BCUT2D eigenvalue weighted by Crippen LogP contribution is -2.41. The maximum atomic E-state index is 11.7. The Morgan fingerprint density at radius 2 is 1.76 bits per heavy atom. The number of hydrogen-bond acceptors (Lipinski definition) is 4. The molecule has 0 bridgehead atoms. The molecule has 0 saturated carbocycles. The molecular formula is C24H25N3O2. The molecule has 2 aromatic carbocycles. The molecule has 3 aromatic rings. The minimum absolute atomic E-state index is 0.137. The van der Waals surface area contributed by atoms with E-state index < -0.39 is 5.97 Å². The lowest BCUT2D eigenvalue weighted by Gasteiger charge is -2.36. The van der Waals surface area contributed by atoms with Gasteiger partial charge >= 0.3 is 5.97 Å². The SMILES string of the molecule is O=C(O)c1cnc(N2CCCCC2CCc2ccccc2)nc1-c1ccccc1. The summed E-state index contributed by atoms with van der Waals surface area (Å²) in [6, 6.07) is 20.4. The standard InChI is InChI=1S/C24H25N3O2/c28-23(29)21-17-25-24(26-22(21)19-11-5-2-6-12-19)27-16-8-7-13-20(27)15-14-18-9-3-1-4-10-18/h1-6,9-12,17,20H,7-8,13-16H2,(H,28,29). The number of carboxylic acids is 1. The van der Waals surface area contributed by atoms with E-state index >= 15 is 0 Å². The van der Waals surface area contributed by atoms with E-state index in [0.717, 1.165) is 37.8 Å². The summed E-state index contributed by atoms with van der Waals surface area (Å²) in [5.41, 5.74) is 2.75. The van der Waals surface area contributed by atoms with Gasteiger partial charge < -0.3 is 10.0 Å². The van der Waals surface area contributed by atoms with Gasteiger partial charge in [0.05, 0.1) is 5.69 Å². The van der Waals surface area contributed by atoms with Crippen LogP contribution in [0.5, 0.6) is 0 Å². The lowest BCUT2D eigenvalue weighted by molar-refractivity contribution is 0.0697. The highest BCUT2D eigenvalue weighted by atomic mass is 16.4. The number of carbonyl (C=O) groups is 1. The Kier molecular flexibility index (Phi) is 5.84. The number of piperidine rings is 1. The molecule has 4 rings (SSSR count). The fourth-order valence-electron chi connectivity index (χ4n) is 4.03. The van der Waals surface area contributed by atoms with Gasteiger partial charge in [-0.3, -0.25) is 0 Å². The van der Waals surface area contributed by atoms with Crippen molar-refractivity contribution >= 4 is 11.9 Å². The molecule has 1 aromatic heterocycles. The topological polar surface area (TPSA) is 66.3 Å². The number of rotatable bonds is 6. The Balaban J connectivity index is 1.62. The van der Waals surface area contributed by atoms with E-state index in [1.54, 1.807) is 0 Å². The molecule has 1 aliphatic heterocycles. The molecule has 1 atom stereocenters. The van der Waals surface area contributed by atoms with Gasteiger partial charge in [0.1, 0.15) is 5.56 Å². The maximum Gasteiger partial charge on any atom is 0.339 e. The van der Waals surface area contributed by atoms with Gasteiger partial charge in [0.15, 0.2) is 0 Å². The van der Waals surface area contributed by atoms with Crippen LogP contribution in [0.4, 0.5) is 5.95 Å². The van der Waals surface area contributed by atoms with Gasteiger partial charge in [-0.2, -0.15) is 0 Å². The molecule has 29 heavy (non-hydrogen) atoms. The van der Waals surface area contributed by atoms with E-state index in [2.05, 4.69) is 34.1 Å². The fraction of sp³-hybridized carbons (Fsp3) is 0.292. The van der Waals surface area contributed by atoms with Crippen LogP contribution in [-0.4, -0.2) is 33.6 Å². The number of anilines is 1. The predicted octanol–water partition coefficient (Wildman–Crippen LogP) is 4.83. The van der Waals surface area contributed by atoms with Crippen molar-refractivity contribution in [3.8, 4) is 11.3 Å². The Hall–Kier alpha value is -3.21. The van der Waals surface area contributed by atoms with Gasteiger partial charge in [-0.1, -0.05) is 60.7 Å². The molecule has 1 aliphatic rings. The Bertz CT molecular complexity index is 960. The molecule has 148 valence electrons. The molecule has 1 N–H and O–H groups in total. The second-order valence-electron chi connectivity index (χ2n) is 7.47. The molecule has 5 nitrogen and oxygen atoms in total. The number of carboxylic acid groups (broad SMARTS) is 1. The molecule has 0 radical (unpaired) electrons. The Morgan fingerprint density at radius 3 is 2.48 bits per heavy atom. The molecule has 1 fully saturated rings. The zero-order valence-corrected chi connectivity index (χ0v) is 16.4. The first-order chi connectivity index (χ1) is 14.2. The first-order valence-electron chi connectivity index (χ1n) is 10.2. The molecule has 0 spiro atoms. The summed E-state index contributed by atoms with van der Waals surface area (Å²) in [4.78, 5) is 23.2. The van der Waals surface area contributed by atoms with E-state index in [-0.39, 0.29) is 5.56 Å². The average Bonchev–Trinajstić information content (AvgIpc) is 2.79. The fourth-order valence-corrected chi connectivity index (χ4v) is 4.03. The number of aryl methyl sites for hydroxylation is 1. The monoisotopic (exact) mass is 387 g/mol. The summed E-state index contributed by atoms with van der Waals surface area (Å²) in [5.74, 6) is -0.374. The number of aromatic nitrogens is 2. The zero-order chi connectivity index (χ0) is 20.1.